The molecule has 2 rings (SSSR count). The van der Waals surface area contributed by atoms with E-state index in [1.54, 1.807) is 12.4 Å². The summed E-state index contributed by atoms with van der Waals surface area (Å²) in [5, 5.41) is 6.42. The van der Waals surface area contributed by atoms with Gasteiger partial charge in [-0.2, -0.15) is 0 Å². The van der Waals surface area contributed by atoms with Crippen LogP contribution in [-0.2, 0) is 4.79 Å². The highest BCUT2D eigenvalue weighted by atomic mass is 16.2. The van der Waals surface area contributed by atoms with Gasteiger partial charge in [0.2, 0.25) is 5.91 Å². The predicted octanol–water partition coefficient (Wildman–Crippen LogP) is 1.65. The fourth-order valence-electron chi connectivity index (χ4n) is 2.38. The molecule has 0 radical (unpaired) electrons. The second-order valence-electron chi connectivity index (χ2n) is 4.79. The third-order valence-electron chi connectivity index (χ3n) is 3.50. The predicted molar refractivity (Wildman–Crippen MR) is 71.0 cm³/mol. The molecule has 4 heteroatoms. The van der Waals surface area contributed by atoms with E-state index in [1.165, 1.54) is 0 Å². The molecule has 1 amide bonds. The Morgan fingerprint density at radius 1 is 1.56 bits per heavy atom. The number of pyridine rings is 1. The lowest BCUT2D eigenvalue weighted by molar-refractivity contribution is -0.126. The molecule has 1 aromatic heterocycles. The van der Waals surface area contributed by atoms with Crippen LogP contribution in [0.4, 0.5) is 0 Å². The molecule has 2 heterocycles. The van der Waals surface area contributed by atoms with Gasteiger partial charge in [0.25, 0.3) is 0 Å². The number of hydrogen-bond acceptors (Lipinski definition) is 3. The zero-order valence-corrected chi connectivity index (χ0v) is 10.9. The van der Waals surface area contributed by atoms with Crippen molar-refractivity contribution in [1.82, 2.24) is 15.6 Å². The van der Waals surface area contributed by atoms with E-state index in [0.29, 0.717) is 0 Å². The van der Waals surface area contributed by atoms with Crippen molar-refractivity contribution >= 4 is 5.91 Å². The Kier molecular flexibility index (Phi) is 4.70. The Bertz CT molecular complexity index is 374. The lowest BCUT2D eigenvalue weighted by atomic mass is 9.97. The quantitative estimate of drug-likeness (QED) is 0.850. The fraction of sp³-hybridized carbons (Fsp3) is 0.571. The number of carbonyl (C=O) groups is 1. The van der Waals surface area contributed by atoms with Gasteiger partial charge in [0, 0.05) is 18.9 Å². The molecule has 2 unspecified atom stereocenters. The van der Waals surface area contributed by atoms with Gasteiger partial charge < -0.3 is 10.6 Å². The van der Waals surface area contributed by atoms with Crippen LogP contribution in [0.3, 0.4) is 0 Å². The van der Waals surface area contributed by atoms with Gasteiger partial charge in [-0.05, 0) is 43.5 Å². The molecule has 0 aliphatic carbocycles. The van der Waals surface area contributed by atoms with Crippen LogP contribution < -0.4 is 10.6 Å². The monoisotopic (exact) mass is 247 g/mol. The lowest BCUT2D eigenvalue weighted by Crippen LogP contribution is -2.41. The van der Waals surface area contributed by atoms with E-state index in [1.807, 2.05) is 12.1 Å². The molecule has 0 aromatic carbocycles. The van der Waals surface area contributed by atoms with Crippen molar-refractivity contribution in [2.75, 3.05) is 13.1 Å². The Hall–Kier alpha value is -1.42. The number of amides is 1. The maximum Gasteiger partial charge on any atom is 0.224 e. The Labute approximate surface area is 108 Å². The molecular formula is C14H21N3O. The van der Waals surface area contributed by atoms with Gasteiger partial charge in [-0.25, -0.2) is 0 Å². The second-order valence-corrected chi connectivity index (χ2v) is 4.79. The molecule has 18 heavy (non-hydrogen) atoms. The zero-order valence-electron chi connectivity index (χ0n) is 10.9. The van der Waals surface area contributed by atoms with E-state index in [2.05, 4.69) is 22.5 Å². The van der Waals surface area contributed by atoms with E-state index in [4.69, 9.17) is 0 Å². The lowest BCUT2D eigenvalue weighted by Gasteiger charge is -2.25. The summed E-state index contributed by atoms with van der Waals surface area (Å²) in [6.45, 7) is 3.93. The smallest absolute Gasteiger partial charge is 0.224 e. The van der Waals surface area contributed by atoms with Crippen LogP contribution in [0.5, 0.6) is 0 Å². The Morgan fingerprint density at radius 2 is 2.33 bits per heavy atom. The van der Waals surface area contributed by atoms with Gasteiger partial charge in [0.05, 0.1) is 12.0 Å². The van der Waals surface area contributed by atoms with Crippen molar-refractivity contribution in [2.45, 2.75) is 32.2 Å². The van der Waals surface area contributed by atoms with Crippen LogP contribution in [0.25, 0.3) is 0 Å². The minimum Gasteiger partial charge on any atom is -0.349 e. The van der Waals surface area contributed by atoms with Gasteiger partial charge >= 0.3 is 0 Å². The highest BCUT2D eigenvalue weighted by molar-refractivity contribution is 5.79. The molecule has 1 saturated heterocycles. The summed E-state index contributed by atoms with van der Waals surface area (Å²) < 4.78 is 0. The first-order chi connectivity index (χ1) is 8.81. The summed E-state index contributed by atoms with van der Waals surface area (Å²) in [5.74, 6) is 0.292. The Morgan fingerprint density at radius 3 is 2.94 bits per heavy atom. The van der Waals surface area contributed by atoms with E-state index < -0.39 is 0 Å². The van der Waals surface area contributed by atoms with Gasteiger partial charge in [-0.1, -0.05) is 6.92 Å². The van der Waals surface area contributed by atoms with Gasteiger partial charge in [0.15, 0.2) is 0 Å². The van der Waals surface area contributed by atoms with Crippen LogP contribution >= 0.6 is 0 Å². The minimum atomic E-state index is 0.0995. The minimum absolute atomic E-state index is 0.0995. The maximum absolute atomic E-state index is 12.2. The van der Waals surface area contributed by atoms with Gasteiger partial charge in [0.1, 0.15) is 0 Å². The average Bonchev–Trinajstić information content (AvgIpc) is 2.46. The first-order valence-corrected chi connectivity index (χ1v) is 6.72. The highest BCUT2D eigenvalue weighted by Crippen LogP contribution is 2.17. The molecule has 1 aromatic rings. The van der Waals surface area contributed by atoms with Crippen LogP contribution in [0.2, 0.25) is 0 Å². The third-order valence-corrected chi connectivity index (χ3v) is 3.50. The number of nitrogens with one attached hydrogen (secondary N) is 2. The molecule has 4 nitrogen and oxygen atoms in total. The summed E-state index contributed by atoms with van der Waals surface area (Å²) in [6.07, 6.45) is 6.52. The Balaban J connectivity index is 1.95. The molecule has 1 fully saturated rings. The van der Waals surface area contributed by atoms with E-state index >= 15 is 0 Å². The van der Waals surface area contributed by atoms with Crippen molar-refractivity contribution in [3.8, 4) is 0 Å². The molecule has 1 aliphatic heterocycles. The first kappa shape index (κ1) is 13.0. The van der Waals surface area contributed by atoms with Crippen molar-refractivity contribution in [1.29, 1.82) is 0 Å². The van der Waals surface area contributed by atoms with Crippen LogP contribution in [0.1, 0.15) is 37.8 Å². The number of aromatic nitrogens is 1. The molecule has 98 valence electrons. The topological polar surface area (TPSA) is 54.0 Å². The van der Waals surface area contributed by atoms with E-state index in [-0.39, 0.29) is 17.9 Å². The zero-order chi connectivity index (χ0) is 12.8. The summed E-state index contributed by atoms with van der Waals surface area (Å²) in [7, 11) is 0. The van der Waals surface area contributed by atoms with Crippen molar-refractivity contribution in [3.05, 3.63) is 30.1 Å². The van der Waals surface area contributed by atoms with E-state index in [9.17, 15) is 4.79 Å². The van der Waals surface area contributed by atoms with Gasteiger partial charge in [-0.15, -0.1) is 0 Å². The highest BCUT2D eigenvalue weighted by Gasteiger charge is 2.23. The molecule has 2 atom stereocenters. The number of piperidine rings is 1. The molecule has 0 bridgehead atoms. The maximum atomic E-state index is 12.2. The molecule has 2 N–H and O–H groups in total. The second kappa shape index (κ2) is 6.50. The summed E-state index contributed by atoms with van der Waals surface area (Å²) in [6, 6.07) is 4.03. The number of rotatable bonds is 4. The molecule has 0 spiro atoms. The normalized spacial score (nSPS) is 21.3. The standard InChI is InChI=1S/C14H21N3O/c1-2-13(11-5-8-15-9-6-11)17-14(18)12-4-3-7-16-10-12/h5-6,8-9,12-13,16H,2-4,7,10H2,1H3,(H,17,18). The third kappa shape index (κ3) is 3.29. The molecule has 1 aliphatic rings. The number of hydrogen-bond donors (Lipinski definition) is 2. The van der Waals surface area contributed by atoms with Crippen LogP contribution in [0.15, 0.2) is 24.5 Å². The number of carbonyl (C=O) groups excluding carboxylic acids is 1. The summed E-state index contributed by atoms with van der Waals surface area (Å²) in [5.41, 5.74) is 1.13. The van der Waals surface area contributed by atoms with Crippen LogP contribution in [-0.4, -0.2) is 24.0 Å². The first-order valence-electron chi connectivity index (χ1n) is 6.72. The molecule has 0 saturated carbocycles. The molecular weight excluding hydrogens is 226 g/mol. The van der Waals surface area contributed by atoms with Crippen molar-refractivity contribution in [2.24, 2.45) is 5.92 Å². The fourth-order valence-corrected chi connectivity index (χ4v) is 2.38. The van der Waals surface area contributed by atoms with Crippen molar-refractivity contribution < 1.29 is 4.79 Å². The number of nitrogens with zero attached hydrogens (tertiary/aromatic N) is 1. The van der Waals surface area contributed by atoms with Gasteiger partial charge in [-0.3, -0.25) is 9.78 Å². The SMILES string of the molecule is CCC(NC(=O)C1CCCNC1)c1ccncc1. The largest absolute Gasteiger partial charge is 0.349 e. The van der Waals surface area contributed by atoms with E-state index in [0.717, 1.165) is 37.9 Å². The average molecular weight is 247 g/mol. The summed E-state index contributed by atoms with van der Waals surface area (Å²) in [4.78, 5) is 16.2. The van der Waals surface area contributed by atoms with Crippen molar-refractivity contribution in [3.63, 3.8) is 0 Å². The van der Waals surface area contributed by atoms with Crippen LogP contribution in [0, 0.1) is 5.92 Å². The summed E-state index contributed by atoms with van der Waals surface area (Å²) >= 11 is 0.